The van der Waals surface area contributed by atoms with Crippen LogP contribution >= 0.6 is 22.7 Å². The van der Waals surface area contributed by atoms with Gasteiger partial charge in [-0.15, -0.1) is 22.7 Å². The second kappa shape index (κ2) is 6.82. The van der Waals surface area contributed by atoms with E-state index in [-0.39, 0.29) is 0 Å². The molecule has 0 unspecified atom stereocenters. The maximum Gasteiger partial charge on any atom is 0.0433 e. The van der Waals surface area contributed by atoms with Crippen molar-refractivity contribution in [1.29, 1.82) is 0 Å². The van der Waals surface area contributed by atoms with Crippen LogP contribution in [0, 0.1) is 0 Å². The van der Waals surface area contributed by atoms with E-state index in [2.05, 4.69) is 109 Å². The van der Waals surface area contributed by atoms with E-state index in [1.807, 2.05) is 22.7 Å². The highest BCUT2D eigenvalue weighted by Gasteiger charge is 2.19. The number of hydrogen-bond acceptors (Lipinski definition) is 2. The molecule has 0 aliphatic carbocycles. The van der Waals surface area contributed by atoms with Gasteiger partial charge in [-0.25, -0.2) is 0 Å². The lowest BCUT2D eigenvalue weighted by Crippen LogP contribution is -1.89. The van der Waals surface area contributed by atoms with E-state index < -0.39 is 0 Å². The van der Waals surface area contributed by atoms with Crippen LogP contribution in [0.5, 0.6) is 0 Å². The second-order valence-electron chi connectivity index (χ2n) is 9.63. The van der Waals surface area contributed by atoms with Gasteiger partial charge in [0.25, 0.3) is 0 Å². The van der Waals surface area contributed by atoms with Crippen molar-refractivity contribution in [3.05, 3.63) is 109 Å². The van der Waals surface area contributed by atoms with Gasteiger partial charge in [-0.2, -0.15) is 0 Å². The molecule has 0 atom stereocenters. The van der Waals surface area contributed by atoms with E-state index in [9.17, 15) is 0 Å². The Morgan fingerprint density at radius 3 is 1.69 bits per heavy atom. The molecule has 0 N–H and O–H groups in total. The number of hydrogen-bond donors (Lipinski definition) is 0. The summed E-state index contributed by atoms with van der Waals surface area (Å²) in [6, 6.07) is 40.7. The van der Waals surface area contributed by atoms with E-state index in [0.717, 1.165) is 0 Å². The number of benzene rings is 7. The summed E-state index contributed by atoms with van der Waals surface area (Å²) < 4.78 is 5.44. The van der Waals surface area contributed by atoms with Crippen LogP contribution in [0.15, 0.2) is 109 Å². The SMILES string of the molecule is c1ccc2c(c1)ccc1c2sc2cccc3c2c1c1cccc2sc4ccc5ccccc5c4c3c21. The highest BCUT2D eigenvalue weighted by molar-refractivity contribution is 7.26. The molecule has 0 saturated carbocycles. The molecular formula is C34H18S2. The summed E-state index contributed by atoms with van der Waals surface area (Å²) in [6.45, 7) is 0. The molecule has 0 radical (unpaired) electrons. The minimum Gasteiger partial charge on any atom is -0.135 e. The molecule has 0 nitrogen and oxygen atoms in total. The first-order valence-corrected chi connectivity index (χ1v) is 13.9. The lowest BCUT2D eigenvalue weighted by molar-refractivity contribution is 1.81. The van der Waals surface area contributed by atoms with E-state index in [1.54, 1.807) is 0 Å². The summed E-state index contributed by atoms with van der Waals surface area (Å²) in [7, 11) is 0. The molecule has 9 rings (SSSR count). The van der Waals surface area contributed by atoms with Crippen LogP contribution in [-0.4, -0.2) is 0 Å². The Morgan fingerprint density at radius 2 is 0.861 bits per heavy atom. The molecule has 0 aliphatic rings. The van der Waals surface area contributed by atoms with Gasteiger partial charge in [0.1, 0.15) is 0 Å². The Balaban J connectivity index is 1.68. The number of fused-ring (bicyclic) bond motifs is 10. The lowest BCUT2D eigenvalue weighted by atomic mass is 9.90. The first-order chi connectivity index (χ1) is 17.9. The highest BCUT2D eigenvalue weighted by Crippen LogP contribution is 2.50. The molecule has 36 heavy (non-hydrogen) atoms. The first kappa shape index (κ1) is 19.2. The summed E-state index contributed by atoms with van der Waals surface area (Å²) in [6.07, 6.45) is 0. The Hall–Kier alpha value is -3.98. The van der Waals surface area contributed by atoms with Gasteiger partial charge < -0.3 is 0 Å². The average molecular weight is 491 g/mol. The standard InChI is InChI=1S/C34H18S2/c1-3-9-21-19(7-1)16-18-28-30(21)33-24-12-6-14-27-31(24)29(23-11-5-13-26(35-28)32(23)33)25-17-15-20-8-2-4-10-22(20)34(25)36-27/h1-18H. The first-order valence-electron chi connectivity index (χ1n) is 12.3. The minimum absolute atomic E-state index is 1.30. The normalized spacial score (nSPS) is 12.4. The topological polar surface area (TPSA) is 0 Å². The Bertz CT molecular complexity index is 2370. The zero-order chi connectivity index (χ0) is 23.4. The van der Waals surface area contributed by atoms with Crippen LogP contribution in [0.1, 0.15) is 0 Å². The molecule has 0 aliphatic heterocycles. The van der Waals surface area contributed by atoms with Gasteiger partial charge in [0.15, 0.2) is 0 Å². The van der Waals surface area contributed by atoms with Crippen LogP contribution in [0.3, 0.4) is 0 Å². The molecule has 2 heteroatoms. The monoisotopic (exact) mass is 490 g/mol. The zero-order valence-electron chi connectivity index (χ0n) is 19.2. The maximum atomic E-state index is 2.35. The van der Waals surface area contributed by atoms with Gasteiger partial charge in [-0.05, 0) is 50.5 Å². The van der Waals surface area contributed by atoms with Crippen molar-refractivity contribution < 1.29 is 0 Å². The van der Waals surface area contributed by atoms with E-state index in [1.165, 1.54) is 83.4 Å². The summed E-state index contributed by atoms with van der Waals surface area (Å²) >= 11 is 3.85. The third-order valence-electron chi connectivity index (χ3n) is 7.81. The number of rotatable bonds is 0. The van der Waals surface area contributed by atoms with Crippen LogP contribution in [-0.2, 0) is 0 Å². The van der Waals surface area contributed by atoms with E-state index >= 15 is 0 Å². The van der Waals surface area contributed by atoms with Crippen molar-refractivity contribution in [2.75, 3.05) is 0 Å². The summed E-state index contributed by atoms with van der Waals surface area (Å²) in [5, 5.41) is 16.4. The van der Waals surface area contributed by atoms with Gasteiger partial charge >= 0.3 is 0 Å². The van der Waals surface area contributed by atoms with Crippen molar-refractivity contribution in [3.63, 3.8) is 0 Å². The molecule has 2 aromatic heterocycles. The molecule has 166 valence electrons. The van der Waals surface area contributed by atoms with Crippen molar-refractivity contribution in [2.45, 2.75) is 0 Å². The zero-order valence-corrected chi connectivity index (χ0v) is 20.8. The van der Waals surface area contributed by atoms with Gasteiger partial charge in [0.2, 0.25) is 0 Å². The molecule has 0 bridgehead atoms. The maximum absolute atomic E-state index is 2.35. The molecular weight excluding hydrogens is 473 g/mol. The summed E-state index contributed by atoms with van der Waals surface area (Å²) in [5.41, 5.74) is 0. The Morgan fingerprint density at radius 1 is 0.306 bits per heavy atom. The molecule has 7 aromatic carbocycles. The quantitative estimate of drug-likeness (QED) is 0.146. The van der Waals surface area contributed by atoms with Crippen molar-refractivity contribution in [3.8, 4) is 0 Å². The van der Waals surface area contributed by atoms with E-state index in [0.29, 0.717) is 0 Å². The van der Waals surface area contributed by atoms with Crippen LogP contribution < -0.4 is 0 Å². The van der Waals surface area contributed by atoms with Crippen LogP contribution in [0.4, 0.5) is 0 Å². The molecule has 0 saturated heterocycles. The predicted octanol–water partition coefficient (Wildman–Crippen LogP) is 11.0. The Kier molecular flexibility index (Phi) is 3.64. The van der Waals surface area contributed by atoms with Crippen molar-refractivity contribution >= 4 is 106 Å². The third-order valence-corrected chi connectivity index (χ3v) is 10.1. The molecule has 0 fully saturated rings. The highest BCUT2D eigenvalue weighted by atomic mass is 32.1. The van der Waals surface area contributed by atoms with Gasteiger partial charge in [0.05, 0.1) is 0 Å². The molecule has 9 aromatic rings. The molecule has 2 heterocycles. The van der Waals surface area contributed by atoms with Crippen LogP contribution in [0.2, 0.25) is 0 Å². The average Bonchev–Trinajstić information content (AvgIpc) is 2.94. The molecule has 0 spiro atoms. The smallest absolute Gasteiger partial charge is 0.0433 e. The fourth-order valence-corrected chi connectivity index (χ4v) is 8.75. The molecule has 0 amide bonds. The van der Waals surface area contributed by atoms with E-state index in [4.69, 9.17) is 0 Å². The second-order valence-corrected chi connectivity index (χ2v) is 11.8. The van der Waals surface area contributed by atoms with Crippen LogP contribution in [0.25, 0.3) is 83.4 Å². The predicted molar refractivity (Wildman–Crippen MR) is 162 cm³/mol. The minimum atomic E-state index is 1.30. The van der Waals surface area contributed by atoms with Gasteiger partial charge in [0, 0.05) is 51.1 Å². The lowest BCUT2D eigenvalue weighted by Gasteiger charge is -2.18. The van der Waals surface area contributed by atoms with Crippen molar-refractivity contribution in [1.82, 2.24) is 0 Å². The summed E-state index contributed by atoms with van der Waals surface area (Å²) in [4.78, 5) is 0. The Labute approximate surface area is 214 Å². The largest absolute Gasteiger partial charge is 0.135 e. The fourth-order valence-electron chi connectivity index (χ4n) is 6.35. The van der Waals surface area contributed by atoms with Gasteiger partial charge in [-0.1, -0.05) is 91.0 Å². The fraction of sp³-hybridized carbons (Fsp3) is 0. The van der Waals surface area contributed by atoms with Gasteiger partial charge in [-0.3, -0.25) is 0 Å². The summed E-state index contributed by atoms with van der Waals surface area (Å²) in [5.74, 6) is 0. The van der Waals surface area contributed by atoms with Crippen molar-refractivity contribution in [2.24, 2.45) is 0 Å². The third kappa shape index (κ3) is 2.34.